The highest BCUT2D eigenvalue weighted by Gasteiger charge is 2.29. The molecule has 0 aromatic heterocycles. The van der Waals surface area contributed by atoms with Crippen LogP contribution in [0.25, 0.3) is 0 Å². The van der Waals surface area contributed by atoms with Gasteiger partial charge in [-0.3, -0.25) is 9.59 Å². The summed E-state index contributed by atoms with van der Waals surface area (Å²) in [5.74, 6) is 0.692. The van der Waals surface area contributed by atoms with Gasteiger partial charge in [0.05, 0.1) is 18.8 Å². The third-order valence-electron chi connectivity index (χ3n) is 5.85. The molecule has 0 heterocycles. The monoisotopic (exact) mass is 457 g/mol. The van der Waals surface area contributed by atoms with Crippen LogP contribution in [-0.4, -0.2) is 25.0 Å². The number of para-hydroxylation sites is 2. The molecule has 3 N–H and O–H groups in total. The van der Waals surface area contributed by atoms with Crippen molar-refractivity contribution in [2.45, 2.75) is 32.6 Å². The zero-order valence-electron chi connectivity index (χ0n) is 19.5. The Labute approximate surface area is 200 Å². The van der Waals surface area contributed by atoms with E-state index in [0.717, 1.165) is 42.6 Å². The number of benzene rings is 3. The summed E-state index contributed by atoms with van der Waals surface area (Å²) in [5, 5.41) is 9.10. The van der Waals surface area contributed by atoms with Gasteiger partial charge in [-0.05, 0) is 68.0 Å². The van der Waals surface area contributed by atoms with E-state index >= 15 is 0 Å². The van der Waals surface area contributed by atoms with Crippen LogP contribution in [0.1, 0.15) is 30.4 Å². The van der Waals surface area contributed by atoms with Crippen molar-refractivity contribution >= 4 is 28.9 Å². The van der Waals surface area contributed by atoms with Crippen molar-refractivity contribution in [1.82, 2.24) is 0 Å². The zero-order chi connectivity index (χ0) is 23.8. The van der Waals surface area contributed by atoms with E-state index in [2.05, 4.69) is 28.1 Å². The number of hydrogen-bond acceptors (Lipinski definition) is 4. The van der Waals surface area contributed by atoms with Crippen LogP contribution in [0, 0.1) is 12.8 Å². The lowest BCUT2D eigenvalue weighted by Crippen LogP contribution is -2.22. The maximum Gasteiger partial charge on any atom is 0.243 e. The minimum atomic E-state index is -0.174. The van der Waals surface area contributed by atoms with Crippen LogP contribution >= 0.6 is 0 Å². The molecule has 0 saturated heterocycles. The summed E-state index contributed by atoms with van der Waals surface area (Å²) in [5.41, 5.74) is 4.43. The van der Waals surface area contributed by atoms with Gasteiger partial charge >= 0.3 is 0 Å². The van der Waals surface area contributed by atoms with E-state index in [4.69, 9.17) is 4.74 Å². The highest BCUT2D eigenvalue weighted by molar-refractivity contribution is 5.97. The Hall–Kier alpha value is -3.80. The predicted octanol–water partition coefficient (Wildman–Crippen LogP) is 5.41. The lowest BCUT2D eigenvalue weighted by Gasteiger charge is -2.15. The Kier molecular flexibility index (Phi) is 7.81. The van der Waals surface area contributed by atoms with Crippen LogP contribution in [0.5, 0.6) is 5.75 Å². The van der Waals surface area contributed by atoms with E-state index in [9.17, 15) is 9.59 Å². The largest absolute Gasteiger partial charge is 0.491 e. The van der Waals surface area contributed by atoms with E-state index in [0.29, 0.717) is 18.0 Å². The first-order valence-corrected chi connectivity index (χ1v) is 11.8. The lowest BCUT2D eigenvalue weighted by atomic mass is 10.1. The number of nitrogens with one attached hydrogen (secondary N) is 3. The highest BCUT2D eigenvalue weighted by atomic mass is 16.5. The fraction of sp³-hybridized carbons (Fsp3) is 0.286. The van der Waals surface area contributed by atoms with Crippen molar-refractivity contribution in [3.05, 3.63) is 83.9 Å². The molecule has 0 spiro atoms. The number of hydrogen-bond donors (Lipinski definition) is 3. The summed E-state index contributed by atoms with van der Waals surface area (Å²) in [6.45, 7) is 2.60. The Morgan fingerprint density at radius 1 is 0.853 bits per heavy atom. The van der Waals surface area contributed by atoms with E-state index in [1.54, 1.807) is 0 Å². The molecule has 2 amide bonds. The predicted molar refractivity (Wildman–Crippen MR) is 136 cm³/mol. The second-order valence-corrected chi connectivity index (χ2v) is 8.58. The van der Waals surface area contributed by atoms with Crippen molar-refractivity contribution in [3.8, 4) is 5.75 Å². The molecule has 176 valence electrons. The number of aryl methyl sites for hydroxylation is 1. The molecular formula is C28H31N3O3. The summed E-state index contributed by atoms with van der Waals surface area (Å²) >= 11 is 0. The fourth-order valence-corrected chi connectivity index (χ4v) is 3.71. The zero-order valence-corrected chi connectivity index (χ0v) is 19.5. The lowest BCUT2D eigenvalue weighted by molar-refractivity contribution is -0.117. The number of anilines is 3. The molecular weight excluding hydrogens is 426 g/mol. The number of amides is 2. The van der Waals surface area contributed by atoms with Gasteiger partial charge in [0.15, 0.2) is 0 Å². The molecule has 1 fully saturated rings. The number of rotatable bonds is 11. The first-order valence-electron chi connectivity index (χ1n) is 11.8. The van der Waals surface area contributed by atoms with Gasteiger partial charge in [-0.15, -0.1) is 0 Å². The molecule has 1 aliphatic carbocycles. The molecule has 0 unspecified atom stereocenters. The minimum Gasteiger partial charge on any atom is -0.491 e. The molecule has 1 aliphatic rings. The normalized spacial score (nSPS) is 12.6. The van der Waals surface area contributed by atoms with Gasteiger partial charge in [0.25, 0.3) is 0 Å². The Morgan fingerprint density at radius 3 is 2.35 bits per heavy atom. The van der Waals surface area contributed by atoms with Gasteiger partial charge in [-0.2, -0.15) is 0 Å². The molecule has 1 saturated carbocycles. The highest BCUT2D eigenvalue weighted by Crippen LogP contribution is 2.31. The summed E-state index contributed by atoms with van der Waals surface area (Å²) in [6, 6.07) is 23.4. The average molecular weight is 458 g/mol. The minimum absolute atomic E-state index is 0.0679. The topological polar surface area (TPSA) is 79.5 Å². The molecule has 0 radical (unpaired) electrons. The fourth-order valence-electron chi connectivity index (χ4n) is 3.71. The van der Waals surface area contributed by atoms with Crippen LogP contribution in [0.15, 0.2) is 72.8 Å². The van der Waals surface area contributed by atoms with Crippen LogP contribution in [0.3, 0.4) is 0 Å². The second-order valence-electron chi connectivity index (χ2n) is 8.58. The van der Waals surface area contributed by atoms with Gasteiger partial charge in [-0.25, -0.2) is 0 Å². The first kappa shape index (κ1) is 23.4. The molecule has 6 heteroatoms. The van der Waals surface area contributed by atoms with Crippen LogP contribution < -0.4 is 20.7 Å². The van der Waals surface area contributed by atoms with Crippen LogP contribution in [-0.2, 0) is 16.0 Å². The van der Waals surface area contributed by atoms with Crippen molar-refractivity contribution in [2.75, 3.05) is 29.1 Å². The second kappa shape index (κ2) is 11.4. The summed E-state index contributed by atoms with van der Waals surface area (Å²) in [6.07, 6.45) is 3.75. The average Bonchev–Trinajstić information content (AvgIpc) is 3.70. The van der Waals surface area contributed by atoms with E-state index < -0.39 is 0 Å². The molecule has 0 aliphatic heterocycles. The molecule has 3 aromatic rings. The third kappa shape index (κ3) is 6.61. The SMILES string of the molecule is Cc1c(NCC(=O)Nc2ccccc2OCCCc2ccccc2)cccc1NC(=O)C1CC1. The van der Waals surface area contributed by atoms with Gasteiger partial charge < -0.3 is 20.7 Å². The van der Waals surface area contributed by atoms with Gasteiger partial charge in [0.2, 0.25) is 11.8 Å². The Bertz CT molecular complexity index is 1130. The molecule has 34 heavy (non-hydrogen) atoms. The molecule has 3 aromatic carbocycles. The Morgan fingerprint density at radius 2 is 1.56 bits per heavy atom. The van der Waals surface area contributed by atoms with Crippen LogP contribution in [0.2, 0.25) is 0 Å². The summed E-state index contributed by atoms with van der Waals surface area (Å²) in [7, 11) is 0. The maximum atomic E-state index is 12.6. The molecule has 6 nitrogen and oxygen atoms in total. The van der Waals surface area contributed by atoms with Crippen LogP contribution in [0.4, 0.5) is 17.1 Å². The van der Waals surface area contributed by atoms with Crippen molar-refractivity contribution < 1.29 is 14.3 Å². The number of carbonyl (C=O) groups excluding carboxylic acids is 2. The summed E-state index contributed by atoms with van der Waals surface area (Å²) in [4.78, 5) is 24.7. The van der Waals surface area contributed by atoms with E-state index in [1.807, 2.05) is 67.6 Å². The molecule has 4 rings (SSSR count). The first-order chi connectivity index (χ1) is 16.6. The maximum absolute atomic E-state index is 12.6. The van der Waals surface area contributed by atoms with Gasteiger partial charge in [-0.1, -0.05) is 48.5 Å². The van der Waals surface area contributed by atoms with Gasteiger partial charge in [0.1, 0.15) is 5.75 Å². The molecule has 0 bridgehead atoms. The van der Waals surface area contributed by atoms with E-state index in [-0.39, 0.29) is 24.3 Å². The van der Waals surface area contributed by atoms with Gasteiger partial charge in [0, 0.05) is 17.3 Å². The summed E-state index contributed by atoms with van der Waals surface area (Å²) < 4.78 is 5.94. The standard InChI is InChI=1S/C28H31N3O3/c1-20-23(13-7-14-24(20)31-28(33)22-16-17-22)29-19-27(32)30-25-12-5-6-15-26(25)34-18-8-11-21-9-3-2-4-10-21/h2-7,9-10,12-15,22,29H,8,11,16-19H2,1H3,(H,30,32)(H,31,33). The number of carbonyl (C=O) groups is 2. The van der Waals surface area contributed by atoms with Crippen molar-refractivity contribution in [1.29, 1.82) is 0 Å². The third-order valence-corrected chi connectivity index (χ3v) is 5.85. The van der Waals surface area contributed by atoms with Crippen molar-refractivity contribution in [3.63, 3.8) is 0 Å². The molecule has 0 atom stereocenters. The Balaban J connectivity index is 1.27. The van der Waals surface area contributed by atoms with Crippen molar-refractivity contribution in [2.24, 2.45) is 5.92 Å². The van der Waals surface area contributed by atoms with E-state index in [1.165, 1.54) is 5.56 Å². The quantitative estimate of drug-likeness (QED) is 0.337. The number of ether oxygens (including phenoxy) is 1. The smallest absolute Gasteiger partial charge is 0.243 e.